The number of esters is 1. The van der Waals surface area contributed by atoms with Crippen LogP contribution in [0.15, 0.2) is 28.7 Å². The smallest absolute Gasteiger partial charge is 0.323 e. The van der Waals surface area contributed by atoms with E-state index in [-0.39, 0.29) is 12.0 Å². The standard InChI is InChI=1S/C11H12BrNO2/c12-9-4-2-1-3-8(9)7-13-10-5-6-15-11(10)14/h1-4,10,13H,5-7H2. The Morgan fingerprint density at radius 3 is 2.93 bits per heavy atom. The van der Waals surface area contributed by atoms with Gasteiger partial charge in [0.25, 0.3) is 0 Å². The Kier molecular flexibility index (Phi) is 3.38. The van der Waals surface area contributed by atoms with Crippen LogP contribution in [0.5, 0.6) is 0 Å². The van der Waals surface area contributed by atoms with Gasteiger partial charge in [0.15, 0.2) is 0 Å². The Morgan fingerprint density at radius 1 is 1.47 bits per heavy atom. The molecule has 1 aliphatic rings. The van der Waals surface area contributed by atoms with Crippen molar-refractivity contribution in [3.63, 3.8) is 0 Å². The highest BCUT2D eigenvalue weighted by atomic mass is 79.9. The second kappa shape index (κ2) is 4.77. The van der Waals surface area contributed by atoms with Crippen molar-refractivity contribution in [3.8, 4) is 0 Å². The zero-order valence-corrected chi connectivity index (χ0v) is 9.79. The number of cyclic esters (lactones) is 1. The number of benzene rings is 1. The summed E-state index contributed by atoms with van der Waals surface area (Å²) in [5.41, 5.74) is 1.15. The summed E-state index contributed by atoms with van der Waals surface area (Å²) < 4.78 is 5.93. The van der Waals surface area contributed by atoms with Crippen LogP contribution in [0.3, 0.4) is 0 Å². The SMILES string of the molecule is O=C1OCCC1NCc1ccccc1Br. The zero-order chi connectivity index (χ0) is 10.7. The highest BCUT2D eigenvalue weighted by Crippen LogP contribution is 2.16. The highest BCUT2D eigenvalue weighted by molar-refractivity contribution is 9.10. The fraction of sp³-hybridized carbons (Fsp3) is 0.364. The van der Waals surface area contributed by atoms with E-state index in [0.717, 1.165) is 16.5 Å². The van der Waals surface area contributed by atoms with Gasteiger partial charge in [0.05, 0.1) is 6.61 Å². The predicted octanol–water partition coefficient (Wildman–Crippen LogP) is 1.85. The van der Waals surface area contributed by atoms with E-state index in [1.54, 1.807) is 0 Å². The topological polar surface area (TPSA) is 38.3 Å². The van der Waals surface area contributed by atoms with Gasteiger partial charge in [0.2, 0.25) is 0 Å². The molecule has 0 amide bonds. The van der Waals surface area contributed by atoms with Gasteiger partial charge in [-0.3, -0.25) is 4.79 Å². The number of hydrogen-bond donors (Lipinski definition) is 1. The van der Waals surface area contributed by atoms with Gasteiger partial charge >= 0.3 is 5.97 Å². The van der Waals surface area contributed by atoms with Crippen molar-refractivity contribution in [1.82, 2.24) is 5.32 Å². The third kappa shape index (κ3) is 2.58. The number of rotatable bonds is 3. The molecule has 1 aromatic carbocycles. The van der Waals surface area contributed by atoms with Gasteiger partial charge in [-0.2, -0.15) is 0 Å². The van der Waals surface area contributed by atoms with Gasteiger partial charge in [0.1, 0.15) is 6.04 Å². The zero-order valence-electron chi connectivity index (χ0n) is 8.20. The lowest BCUT2D eigenvalue weighted by Crippen LogP contribution is -2.32. The summed E-state index contributed by atoms with van der Waals surface area (Å²) in [6, 6.07) is 7.82. The summed E-state index contributed by atoms with van der Waals surface area (Å²) in [6.45, 7) is 1.22. The average molecular weight is 270 g/mol. The Balaban J connectivity index is 1.93. The number of nitrogens with one attached hydrogen (secondary N) is 1. The first-order valence-electron chi connectivity index (χ1n) is 4.91. The number of ether oxygens (including phenoxy) is 1. The lowest BCUT2D eigenvalue weighted by molar-refractivity contribution is -0.139. The molecule has 3 nitrogen and oxygen atoms in total. The molecule has 1 aromatic rings. The van der Waals surface area contributed by atoms with Crippen molar-refractivity contribution in [2.45, 2.75) is 19.0 Å². The lowest BCUT2D eigenvalue weighted by atomic mass is 10.2. The summed E-state index contributed by atoms with van der Waals surface area (Å²) in [7, 11) is 0. The van der Waals surface area contributed by atoms with Gasteiger partial charge in [-0.1, -0.05) is 34.1 Å². The minimum absolute atomic E-state index is 0.137. The molecule has 2 rings (SSSR count). The van der Waals surface area contributed by atoms with Crippen LogP contribution in [0.4, 0.5) is 0 Å². The highest BCUT2D eigenvalue weighted by Gasteiger charge is 2.25. The van der Waals surface area contributed by atoms with Crippen LogP contribution in [0.2, 0.25) is 0 Å². The molecule has 4 heteroatoms. The van der Waals surface area contributed by atoms with E-state index in [1.807, 2.05) is 24.3 Å². The van der Waals surface area contributed by atoms with Gasteiger partial charge in [0, 0.05) is 17.4 Å². The van der Waals surface area contributed by atoms with E-state index < -0.39 is 0 Å². The van der Waals surface area contributed by atoms with Gasteiger partial charge in [-0.25, -0.2) is 0 Å². The molecule has 0 aromatic heterocycles. The van der Waals surface area contributed by atoms with E-state index in [4.69, 9.17) is 4.74 Å². The molecule has 80 valence electrons. The molecular formula is C11H12BrNO2. The first kappa shape index (κ1) is 10.6. The summed E-state index contributed by atoms with van der Waals surface area (Å²) in [4.78, 5) is 11.2. The number of hydrogen-bond acceptors (Lipinski definition) is 3. The summed E-state index contributed by atoms with van der Waals surface area (Å²) in [5, 5.41) is 3.18. The fourth-order valence-electron chi connectivity index (χ4n) is 1.56. The monoisotopic (exact) mass is 269 g/mol. The molecule has 1 atom stereocenters. The molecule has 15 heavy (non-hydrogen) atoms. The maximum atomic E-state index is 11.2. The van der Waals surface area contributed by atoms with Crippen molar-refractivity contribution in [2.24, 2.45) is 0 Å². The molecule has 0 bridgehead atoms. The van der Waals surface area contributed by atoms with E-state index in [9.17, 15) is 4.79 Å². The fourth-order valence-corrected chi connectivity index (χ4v) is 1.98. The van der Waals surface area contributed by atoms with Gasteiger partial charge < -0.3 is 10.1 Å². The van der Waals surface area contributed by atoms with Crippen LogP contribution in [-0.4, -0.2) is 18.6 Å². The van der Waals surface area contributed by atoms with E-state index >= 15 is 0 Å². The number of carbonyl (C=O) groups is 1. The van der Waals surface area contributed by atoms with Crippen molar-refractivity contribution in [3.05, 3.63) is 34.3 Å². The van der Waals surface area contributed by atoms with E-state index in [1.165, 1.54) is 0 Å². The molecule has 1 N–H and O–H groups in total. The van der Waals surface area contributed by atoms with Gasteiger partial charge in [-0.05, 0) is 11.6 Å². The molecule has 0 spiro atoms. The van der Waals surface area contributed by atoms with Crippen LogP contribution in [0.1, 0.15) is 12.0 Å². The summed E-state index contributed by atoms with van der Waals surface area (Å²) in [6.07, 6.45) is 0.767. The summed E-state index contributed by atoms with van der Waals surface area (Å²) >= 11 is 3.46. The van der Waals surface area contributed by atoms with Crippen LogP contribution >= 0.6 is 15.9 Å². The molecule has 1 fully saturated rings. The molecule has 1 unspecified atom stereocenters. The number of carbonyl (C=O) groups excluding carboxylic acids is 1. The Morgan fingerprint density at radius 2 is 2.27 bits per heavy atom. The van der Waals surface area contributed by atoms with Crippen molar-refractivity contribution >= 4 is 21.9 Å². The largest absolute Gasteiger partial charge is 0.464 e. The molecule has 0 aliphatic carbocycles. The quantitative estimate of drug-likeness (QED) is 0.852. The van der Waals surface area contributed by atoms with E-state index in [0.29, 0.717) is 13.2 Å². The second-order valence-corrected chi connectivity index (χ2v) is 4.34. The third-order valence-electron chi connectivity index (χ3n) is 2.43. The molecule has 1 aliphatic heterocycles. The van der Waals surface area contributed by atoms with Crippen LogP contribution in [0.25, 0.3) is 0 Å². The molecule has 0 radical (unpaired) electrons. The van der Waals surface area contributed by atoms with E-state index in [2.05, 4.69) is 21.2 Å². The van der Waals surface area contributed by atoms with Crippen LogP contribution in [0, 0.1) is 0 Å². The maximum absolute atomic E-state index is 11.2. The summed E-state index contributed by atoms with van der Waals surface area (Å²) in [5.74, 6) is -0.137. The van der Waals surface area contributed by atoms with Crippen LogP contribution in [-0.2, 0) is 16.1 Å². The minimum atomic E-state index is -0.142. The van der Waals surface area contributed by atoms with Crippen molar-refractivity contribution in [2.75, 3.05) is 6.61 Å². The van der Waals surface area contributed by atoms with Crippen molar-refractivity contribution < 1.29 is 9.53 Å². The molecule has 0 saturated carbocycles. The lowest BCUT2D eigenvalue weighted by Gasteiger charge is -2.09. The molecule has 1 saturated heterocycles. The number of halogens is 1. The average Bonchev–Trinajstić information content (AvgIpc) is 2.63. The van der Waals surface area contributed by atoms with Crippen molar-refractivity contribution in [1.29, 1.82) is 0 Å². The Labute approximate surface area is 96.9 Å². The third-order valence-corrected chi connectivity index (χ3v) is 3.21. The first-order chi connectivity index (χ1) is 7.27. The minimum Gasteiger partial charge on any atom is -0.464 e. The normalized spacial score (nSPS) is 20.3. The van der Waals surface area contributed by atoms with Crippen LogP contribution < -0.4 is 5.32 Å². The Bertz CT molecular complexity index is 367. The Hall–Kier alpha value is -0.870. The second-order valence-electron chi connectivity index (χ2n) is 3.48. The first-order valence-corrected chi connectivity index (χ1v) is 5.70. The predicted molar refractivity (Wildman–Crippen MR) is 60.3 cm³/mol. The molecule has 1 heterocycles. The molecular weight excluding hydrogens is 258 g/mol. The van der Waals surface area contributed by atoms with Gasteiger partial charge in [-0.15, -0.1) is 0 Å². The maximum Gasteiger partial charge on any atom is 0.323 e.